The van der Waals surface area contributed by atoms with Crippen LogP contribution in [0.5, 0.6) is 0 Å². The molecule has 2 nitrogen and oxygen atoms in total. The van der Waals surface area contributed by atoms with Gasteiger partial charge in [0.1, 0.15) is 0 Å². The molecule has 104 valence electrons. The van der Waals surface area contributed by atoms with Gasteiger partial charge in [-0.05, 0) is 6.42 Å². The van der Waals surface area contributed by atoms with Crippen molar-refractivity contribution in [3.05, 3.63) is 58.2 Å². The van der Waals surface area contributed by atoms with Crippen LogP contribution in [0.15, 0.2) is 58.2 Å². The minimum Gasteiger partial charge on any atom is -0.293 e. The smallest absolute Gasteiger partial charge is 0.171 e. The molecule has 3 heteroatoms. The van der Waals surface area contributed by atoms with Crippen molar-refractivity contribution in [3.8, 4) is 0 Å². The zero-order valence-electron chi connectivity index (χ0n) is 11.6. The lowest BCUT2D eigenvalue weighted by atomic mass is 9.70. The molecule has 0 aliphatic heterocycles. The van der Waals surface area contributed by atoms with E-state index in [0.717, 1.165) is 4.48 Å². The Bertz CT molecular complexity index is 588. The zero-order chi connectivity index (χ0) is 14.7. The molecular formula is C17H17BrO2. The topological polar surface area (TPSA) is 34.1 Å². The minimum atomic E-state index is -0.349. The summed E-state index contributed by atoms with van der Waals surface area (Å²) < 4.78 is 0.865. The van der Waals surface area contributed by atoms with Crippen LogP contribution in [0, 0.1) is 11.8 Å². The number of ketones is 2. The van der Waals surface area contributed by atoms with Gasteiger partial charge in [-0.25, -0.2) is 0 Å². The molecule has 0 radical (unpaired) electrons. The standard InChI is InChI=1S/C15H11BrO2.C2H6/c16-9-6-7-12-13(8-9)15(18)11-5-3-1-2-4-10(11)14(12)17;1-2/h1-2,4-8,12-13H,3H2;1-2H3. The quantitative estimate of drug-likeness (QED) is 0.670. The molecule has 0 aromatic carbocycles. The van der Waals surface area contributed by atoms with Crippen molar-refractivity contribution >= 4 is 27.5 Å². The number of hydrogen-bond donors (Lipinski definition) is 0. The number of fused-ring (bicyclic) bond motifs is 2. The van der Waals surface area contributed by atoms with Gasteiger partial charge in [-0.2, -0.15) is 0 Å². The highest BCUT2D eigenvalue weighted by Crippen LogP contribution is 2.38. The predicted octanol–water partition coefficient (Wildman–Crippen LogP) is 4.06. The van der Waals surface area contributed by atoms with Crippen molar-refractivity contribution in [3.63, 3.8) is 0 Å². The Hall–Kier alpha value is -1.48. The number of allylic oxidation sites excluding steroid dienone is 10. The molecule has 0 N–H and O–H groups in total. The molecule has 2 unspecified atom stereocenters. The highest BCUT2D eigenvalue weighted by molar-refractivity contribution is 9.11. The summed E-state index contributed by atoms with van der Waals surface area (Å²) >= 11 is 3.37. The van der Waals surface area contributed by atoms with E-state index in [1.54, 1.807) is 6.08 Å². The van der Waals surface area contributed by atoms with Gasteiger partial charge in [-0.3, -0.25) is 9.59 Å². The van der Waals surface area contributed by atoms with Gasteiger partial charge < -0.3 is 0 Å². The average Bonchev–Trinajstić information content (AvgIpc) is 2.73. The SMILES string of the molecule is CC.O=C1C2=CC=CCC=C2C(=O)C2C=C(Br)C=CC12. The second kappa shape index (κ2) is 6.31. The number of hydrogen-bond acceptors (Lipinski definition) is 2. The monoisotopic (exact) mass is 332 g/mol. The van der Waals surface area contributed by atoms with E-state index in [2.05, 4.69) is 15.9 Å². The maximum Gasteiger partial charge on any atom is 0.171 e. The van der Waals surface area contributed by atoms with Crippen LogP contribution < -0.4 is 0 Å². The lowest BCUT2D eigenvalue weighted by molar-refractivity contribution is -0.127. The number of carbonyl (C=O) groups excluding carboxylic acids is 2. The summed E-state index contributed by atoms with van der Waals surface area (Å²) in [6.45, 7) is 4.00. The molecule has 1 fully saturated rings. The summed E-state index contributed by atoms with van der Waals surface area (Å²) in [6, 6.07) is 0. The van der Waals surface area contributed by atoms with E-state index in [1.807, 2.05) is 50.3 Å². The van der Waals surface area contributed by atoms with E-state index in [-0.39, 0.29) is 23.4 Å². The number of carbonyl (C=O) groups is 2. The van der Waals surface area contributed by atoms with Crippen LogP contribution in [0.2, 0.25) is 0 Å². The van der Waals surface area contributed by atoms with E-state index < -0.39 is 0 Å². The molecule has 0 bridgehead atoms. The number of rotatable bonds is 0. The Labute approximate surface area is 127 Å². The van der Waals surface area contributed by atoms with E-state index in [1.165, 1.54) is 0 Å². The summed E-state index contributed by atoms with van der Waals surface area (Å²) in [5.74, 6) is -0.590. The van der Waals surface area contributed by atoms with Crippen LogP contribution in [-0.2, 0) is 9.59 Å². The molecule has 0 saturated heterocycles. The Kier molecular flexibility index (Phi) is 4.71. The molecule has 3 aliphatic rings. The van der Waals surface area contributed by atoms with Gasteiger partial charge in [0, 0.05) is 15.6 Å². The van der Waals surface area contributed by atoms with Crippen LogP contribution in [0.25, 0.3) is 0 Å². The molecular weight excluding hydrogens is 316 g/mol. The third kappa shape index (κ3) is 2.55. The van der Waals surface area contributed by atoms with Gasteiger partial charge in [0.25, 0.3) is 0 Å². The normalized spacial score (nSPS) is 27.2. The van der Waals surface area contributed by atoms with Crippen LogP contribution in [-0.4, -0.2) is 11.6 Å². The average molecular weight is 333 g/mol. The molecule has 0 heterocycles. The molecule has 3 rings (SSSR count). The molecule has 20 heavy (non-hydrogen) atoms. The molecule has 2 atom stereocenters. The van der Waals surface area contributed by atoms with Crippen LogP contribution in [0.4, 0.5) is 0 Å². The van der Waals surface area contributed by atoms with Crippen molar-refractivity contribution in [1.82, 2.24) is 0 Å². The van der Waals surface area contributed by atoms with E-state index in [9.17, 15) is 9.59 Å². The van der Waals surface area contributed by atoms with Crippen molar-refractivity contribution < 1.29 is 9.59 Å². The van der Waals surface area contributed by atoms with Crippen molar-refractivity contribution in [2.45, 2.75) is 20.3 Å². The first-order valence-corrected chi connectivity index (χ1v) is 7.69. The van der Waals surface area contributed by atoms with Gasteiger partial charge in [0.15, 0.2) is 11.6 Å². The Morgan fingerprint density at radius 3 is 2.55 bits per heavy atom. The lowest BCUT2D eigenvalue weighted by Crippen LogP contribution is -2.37. The Balaban J connectivity index is 0.000000704. The fourth-order valence-corrected chi connectivity index (χ4v) is 3.01. The molecule has 1 saturated carbocycles. The van der Waals surface area contributed by atoms with Crippen molar-refractivity contribution in [1.29, 1.82) is 0 Å². The summed E-state index contributed by atoms with van der Waals surface area (Å²) in [7, 11) is 0. The first-order chi connectivity index (χ1) is 9.68. The minimum absolute atomic E-state index is 0.0462. The third-order valence-electron chi connectivity index (χ3n) is 3.47. The van der Waals surface area contributed by atoms with E-state index in [4.69, 9.17) is 0 Å². The summed E-state index contributed by atoms with van der Waals surface area (Å²) in [6.07, 6.45) is 13.6. The number of halogens is 1. The Morgan fingerprint density at radius 2 is 1.80 bits per heavy atom. The molecule has 0 aromatic heterocycles. The van der Waals surface area contributed by atoms with Crippen LogP contribution in [0.3, 0.4) is 0 Å². The summed E-state index contributed by atoms with van der Waals surface area (Å²) in [4.78, 5) is 24.9. The fourth-order valence-electron chi connectivity index (χ4n) is 2.57. The molecule has 0 amide bonds. The van der Waals surface area contributed by atoms with Crippen molar-refractivity contribution in [2.24, 2.45) is 11.8 Å². The predicted molar refractivity (Wildman–Crippen MR) is 84.4 cm³/mol. The number of Topliss-reactive ketones (excluding diaryl/α,β-unsaturated/α-hetero) is 2. The van der Waals surface area contributed by atoms with E-state index in [0.29, 0.717) is 17.6 Å². The van der Waals surface area contributed by atoms with E-state index >= 15 is 0 Å². The lowest BCUT2D eigenvalue weighted by Gasteiger charge is -2.30. The van der Waals surface area contributed by atoms with Crippen LogP contribution >= 0.6 is 15.9 Å². The maximum atomic E-state index is 12.4. The Morgan fingerprint density at radius 1 is 1.10 bits per heavy atom. The van der Waals surface area contributed by atoms with Gasteiger partial charge in [0.2, 0.25) is 0 Å². The first-order valence-electron chi connectivity index (χ1n) is 6.90. The summed E-state index contributed by atoms with van der Waals surface area (Å²) in [5.41, 5.74) is 1.14. The van der Waals surface area contributed by atoms with Gasteiger partial charge in [0.05, 0.1) is 11.8 Å². The van der Waals surface area contributed by atoms with Gasteiger partial charge in [-0.1, -0.05) is 72.3 Å². The molecule has 0 spiro atoms. The second-order valence-electron chi connectivity index (χ2n) is 4.55. The molecule has 0 aromatic rings. The largest absolute Gasteiger partial charge is 0.293 e. The van der Waals surface area contributed by atoms with Gasteiger partial charge in [-0.15, -0.1) is 0 Å². The highest BCUT2D eigenvalue weighted by atomic mass is 79.9. The first kappa shape index (κ1) is 14.9. The summed E-state index contributed by atoms with van der Waals surface area (Å²) in [5, 5.41) is 0. The molecule has 3 aliphatic carbocycles. The van der Waals surface area contributed by atoms with Crippen molar-refractivity contribution in [2.75, 3.05) is 0 Å². The maximum absolute atomic E-state index is 12.4. The third-order valence-corrected chi connectivity index (χ3v) is 4.00. The zero-order valence-corrected chi connectivity index (χ0v) is 13.2. The fraction of sp³-hybridized carbons (Fsp3) is 0.294. The van der Waals surface area contributed by atoms with Crippen LogP contribution in [0.1, 0.15) is 20.3 Å². The second-order valence-corrected chi connectivity index (χ2v) is 5.47. The van der Waals surface area contributed by atoms with Gasteiger partial charge >= 0.3 is 0 Å². The highest BCUT2D eigenvalue weighted by Gasteiger charge is 2.42.